The number of halogens is 1. The molecule has 2 nitrogen and oxygen atoms in total. The molecule has 3 heteroatoms. The van der Waals surface area contributed by atoms with E-state index < -0.39 is 0 Å². The quantitative estimate of drug-likeness (QED) is 0.637. The molecule has 1 heterocycles. The van der Waals surface area contributed by atoms with Gasteiger partial charge < -0.3 is 4.42 Å². The summed E-state index contributed by atoms with van der Waals surface area (Å²) < 4.78 is 5.99. The number of furan rings is 1. The van der Waals surface area contributed by atoms with Crippen molar-refractivity contribution in [2.45, 2.75) is 13.3 Å². The van der Waals surface area contributed by atoms with E-state index in [1.165, 1.54) is 0 Å². The summed E-state index contributed by atoms with van der Waals surface area (Å²) in [5.41, 5.74) is 2.85. The van der Waals surface area contributed by atoms with E-state index in [4.69, 9.17) is 4.42 Å². The molecule has 0 amide bonds. The van der Waals surface area contributed by atoms with Crippen molar-refractivity contribution in [3.05, 3.63) is 57.1 Å². The maximum Gasteiger partial charge on any atom is 0.168 e. The third-order valence-electron chi connectivity index (χ3n) is 2.44. The van der Waals surface area contributed by atoms with Gasteiger partial charge in [-0.15, -0.1) is 0 Å². The van der Waals surface area contributed by atoms with Gasteiger partial charge in [0.25, 0.3) is 0 Å². The summed E-state index contributed by atoms with van der Waals surface area (Å²) in [5, 5.41) is 0. The van der Waals surface area contributed by atoms with Gasteiger partial charge in [0, 0.05) is 15.6 Å². The molecule has 0 saturated carbocycles. The highest BCUT2D eigenvalue weighted by molar-refractivity contribution is 14.1. The van der Waals surface area contributed by atoms with Crippen molar-refractivity contribution < 1.29 is 9.21 Å². The molecule has 1 aromatic heterocycles. The minimum absolute atomic E-state index is 0.134. The summed E-state index contributed by atoms with van der Waals surface area (Å²) in [6, 6.07) is 7.62. The lowest BCUT2D eigenvalue weighted by molar-refractivity contribution is 0.0992. The molecule has 0 unspecified atom stereocenters. The molecule has 2 aromatic rings. The second-order valence-corrected chi connectivity index (χ2v) is 4.75. The number of ketones is 1. The molecule has 0 spiro atoms. The zero-order valence-corrected chi connectivity index (χ0v) is 11.0. The lowest BCUT2D eigenvalue weighted by atomic mass is 10.0. The van der Waals surface area contributed by atoms with E-state index in [0.717, 1.165) is 20.3 Å². The third-order valence-corrected chi connectivity index (χ3v) is 3.87. The smallest absolute Gasteiger partial charge is 0.168 e. The normalized spacial score (nSPS) is 10.4. The Morgan fingerprint density at radius 3 is 2.88 bits per heavy atom. The second-order valence-electron chi connectivity index (χ2n) is 3.67. The van der Waals surface area contributed by atoms with Gasteiger partial charge in [-0.1, -0.05) is 18.2 Å². The Hall–Kier alpha value is -1.10. The summed E-state index contributed by atoms with van der Waals surface area (Å²) in [7, 11) is 0. The molecule has 2 rings (SSSR count). The van der Waals surface area contributed by atoms with E-state index in [-0.39, 0.29) is 5.78 Å². The molecular formula is C13H11IO2. The van der Waals surface area contributed by atoms with Crippen LogP contribution in [-0.4, -0.2) is 5.78 Å². The number of carbonyl (C=O) groups is 1. The Morgan fingerprint density at radius 1 is 1.38 bits per heavy atom. The Labute approximate surface area is 108 Å². The maximum atomic E-state index is 12.0. The minimum Gasteiger partial charge on any atom is -0.472 e. The van der Waals surface area contributed by atoms with Crippen LogP contribution in [0.2, 0.25) is 0 Å². The largest absolute Gasteiger partial charge is 0.472 e. The van der Waals surface area contributed by atoms with Crippen LogP contribution in [0.3, 0.4) is 0 Å². The highest BCUT2D eigenvalue weighted by atomic mass is 127. The molecule has 0 atom stereocenters. The van der Waals surface area contributed by atoms with Gasteiger partial charge in [0.15, 0.2) is 5.78 Å². The number of hydrogen-bond donors (Lipinski definition) is 0. The van der Waals surface area contributed by atoms with Gasteiger partial charge in [-0.25, -0.2) is 0 Å². The Balaban J connectivity index is 2.24. The van der Waals surface area contributed by atoms with Gasteiger partial charge >= 0.3 is 0 Å². The summed E-state index contributed by atoms with van der Waals surface area (Å²) in [5.74, 6) is 0.134. The van der Waals surface area contributed by atoms with Crippen LogP contribution in [0.25, 0.3) is 0 Å². The zero-order chi connectivity index (χ0) is 11.5. The van der Waals surface area contributed by atoms with E-state index in [9.17, 15) is 4.79 Å². The zero-order valence-electron chi connectivity index (χ0n) is 8.87. The van der Waals surface area contributed by atoms with Gasteiger partial charge in [-0.3, -0.25) is 4.79 Å². The summed E-state index contributed by atoms with van der Waals surface area (Å²) in [6.07, 6.45) is 3.60. The lowest BCUT2D eigenvalue weighted by Gasteiger charge is -2.05. The number of rotatable bonds is 3. The fourth-order valence-corrected chi connectivity index (χ4v) is 2.20. The van der Waals surface area contributed by atoms with Gasteiger partial charge in [-0.2, -0.15) is 0 Å². The van der Waals surface area contributed by atoms with Crippen LogP contribution in [0.4, 0.5) is 0 Å². The predicted molar refractivity (Wildman–Crippen MR) is 70.6 cm³/mol. The van der Waals surface area contributed by atoms with Crippen LogP contribution in [0.1, 0.15) is 21.5 Å². The van der Waals surface area contributed by atoms with E-state index in [2.05, 4.69) is 22.6 Å². The molecule has 1 aromatic carbocycles. The average Bonchev–Trinajstić information content (AvgIpc) is 2.74. The SMILES string of the molecule is Cc1cccc(C(=O)Cc2ccoc2)c1I. The fraction of sp³-hybridized carbons (Fsp3) is 0.154. The summed E-state index contributed by atoms with van der Waals surface area (Å²) in [4.78, 5) is 12.0. The van der Waals surface area contributed by atoms with Gasteiger partial charge in [0.2, 0.25) is 0 Å². The number of hydrogen-bond acceptors (Lipinski definition) is 2. The van der Waals surface area contributed by atoms with Crippen molar-refractivity contribution >= 4 is 28.4 Å². The number of Topliss-reactive ketones (excluding diaryl/α,β-unsaturated/α-hetero) is 1. The molecule has 0 aliphatic carbocycles. The number of benzene rings is 1. The Morgan fingerprint density at radius 2 is 2.19 bits per heavy atom. The highest BCUT2D eigenvalue weighted by Crippen LogP contribution is 2.18. The fourth-order valence-electron chi connectivity index (χ4n) is 1.54. The van der Waals surface area contributed by atoms with Gasteiger partial charge in [0.1, 0.15) is 0 Å². The number of aryl methyl sites for hydroxylation is 1. The first-order chi connectivity index (χ1) is 7.68. The average molecular weight is 326 g/mol. The van der Waals surface area contributed by atoms with Crippen molar-refractivity contribution in [3.63, 3.8) is 0 Å². The van der Waals surface area contributed by atoms with Gasteiger partial charge in [0.05, 0.1) is 12.5 Å². The first-order valence-electron chi connectivity index (χ1n) is 4.98. The minimum atomic E-state index is 0.134. The van der Waals surface area contributed by atoms with E-state index in [1.54, 1.807) is 12.5 Å². The summed E-state index contributed by atoms with van der Waals surface area (Å²) >= 11 is 2.22. The van der Waals surface area contributed by atoms with E-state index in [1.807, 2.05) is 31.2 Å². The number of carbonyl (C=O) groups excluding carboxylic acids is 1. The maximum absolute atomic E-state index is 12.0. The molecule has 0 bridgehead atoms. The third kappa shape index (κ3) is 2.35. The molecule has 16 heavy (non-hydrogen) atoms. The molecule has 0 aliphatic heterocycles. The van der Waals surface area contributed by atoms with Crippen LogP contribution in [-0.2, 0) is 6.42 Å². The summed E-state index contributed by atoms with van der Waals surface area (Å²) in [6.45, 7) is 2.01. The highest BCUT2D eigenvalue weighted by Gasteiger charge is 2.12. The van der Waals surface area contributed by atoms with Crippen molar-refractivity contribution in [3.8, 4) is 0 Å². The van der Waals surface area contributed by atoms with Crippen molar-refractivity contribution in [1.82, 2.24) is 0 Å². The molecule has 0 fully saturated rings. The standard InChI is InChI=1S/C13H11IO2/c1-9-3-2-4-11(13(9)14)12(15)7-10-5-6-16-8-10/h2-6,8H,7H2,1H3. The molecule has 0 radical (unpaired) electrons. The molecular weight excluding hydrogens is 315 g/mol. The van der Waals surface area contributed by atoms with Gasteiger partial charge in [-0.05, 0) is 46.7 Å². The first kappa shape index (κ1) is 11.4. The molecule has 0 N–H and O–H groups in total. The van der Waals surface area contributed by atoms with Crippen LogP contribution < -0.4 is 0 Å². The molecule has 82 valence electrons. The van der Waals surface area contributed by atoms with Crippen LogP contribution in [0, 0.1) is 10.5 Å². The Kier molecular flexibility index (Phi) is 3.43. The second kappa shape index (κ2) is 4.82. The van der Waals surface area contributed by atoms with E-state index in [0.29, 0.717) is 6.42 Å². The van der Waals surface area contributed by atoms with Crippen LogP contribution >= 0.6 is 22.6 Å². The molecule has 0 aliphatic rings. The van der Waals surface area contributed by atoms with Crippen molar-refractivity contribution in [2.24, 2.45) is 0 Å². The van der Waals surface area contributed by atoms with Crippen molar-refractivity contribution in [2.75, 3.05) is 0 Å². The Bertz CT molecular complexity index is 501. The van der Waals surface area contributed by atoms with Crippen molar-refractivity contribution in [1.29, 1.82) is 0 Å². The molecule has 0 saturated heterocycles. The topological polar surface area (TPSA) is 30.2 Å². The van der Waals surface area contributed by atoms with Crippen LogP contribution in [0.5, 0.6) is 0 Å². The monoisotopic (exact) mass is 326 g/mol. The van der Waals surface area contributed by atoms with Crippen LogP contribution in [0.15, 0.2) is 41.2 Å². The predicted octanol–water partition coefficient (Wildman–Crippen LogP) is 3.62. The van der Waals surface area contributed by atoms with E-state index >= 15 is 0 Å². The lowest BCUT2D eigenvalue weighted by Crippen LogP contribution is -2.05. The first-order valence-corrected chi connectivity index (χ1v) is 6.06.